The summed E-state index contributed by atoms with van der Waals surface area (Å²) in [5, 5.41) is 8.48. The zero-order valence-corrected chi connectivity index (χ0v) is 21.6. The molecule has 38 heavy (non-hydrogen) atoms. The Bertz CT molecular complexity index is 1500. The van der Waals surface area contributed by atoms with Crippen LogP contribution in [-0.2, 0) is 15.1 Å². The van der Waals surface area contributed by atoms with Gasteiger partial charge in [0, 0.05) is 30.1 Å². The van der Waals surface area contributed by atoms with E-state index < -0.39 is 41.2 Å². The van der Waals surface area contributed by atoms with Gasteiger partial charge >= 0.3 is 6.03 Å². The SMILES string of the molecule is Cc1nc(C(C)(C)NC(=O)Nc2ccc3c(c2)C(=O)N(C2CCC(=O)NC2=O)C3=O)sc1-c1cccnc1. The normalized spacial score (nSPS) is 17.3. The standard InChI is InChI=1S/C26H24N6O5S/c1-13-20(14-5-4-10-27-12-14)38-24(28-13)26(2,3)31-25(37)29-15-6-7-16-17(11-15)23(36)32(22(16)35)18-8-9-19(33)30-21(18)34/h4-7,10-12,18H,8-9H2,1-3H3,(H2,29,31,37)(H,30,33,34). The van der Waals surface area contributed by atoms with Gasteiger partial charge in [-0.05, 0) is 51.5 Å². The number of fused-ring (bicyclic) bond motifs is 1. The highest BCUT2D eigenvalue weighted by molar-refractivity contribution is 7.15. The van der Waals surface area contributed by atoms with Gasteiger partial charge in [-0.2, -0.15) is 0 Å². The summed E-state index contributed by atoms with van der Waals surface area (Å²) in [6.45, 7) is 5.57. The third kappa shape index (κ3) is 4.54. The Labute approximate surface area is 221 Å². The lowest BCUT2D eigenvalue weighted by atomic mass is 10.0. The van der Waals surface area contributed by atoms with E-state index >= 15 is 0 Å². The fourth-order valence-corrected chi connectivity index (χ4v) is 5.59. The molecule has 12 heteroatoms. The van der Waals surface area contributed by atoms with E-state index in [1.807, 2.05) is 32.9 Å². The molecular weight excluding hydrogens is 508 g/mol. The van der Waals surface area contributed by atoms with Crippen LogP contribution >= 0.6 is 11.3 Å². The molecule has 1 saturated heterocycles. The van der Waals surface area contributed by atoms with Crippen LogP contribution in [0, 0.1) is 6.92 Å². The number of amides is 6. The van der Waals surface area contributed by atoms with Crippen molar-refractivity contribution in [2.24, 2.45) is 0 Å². The Morgan fingerprint density at radius 2 is 1.89 bits per heavy atom. The zero-order chi connectivity index (χ0) is 27.2. The number of piperidine rings is 1. The van der Waals surface area contributed by atoms with Crippen LogP contribution in [-0.4, -0.2) is 50.6 Å². The van der Waals surface area contributed by atoms with Crippen molar-refractivity contribution in [3.8, 4) is 10.4 Å². The number of benzene rings is 1. The van der Waals surface area contributed by atoms with Crippen LogP contribution in [0.4, 0.5) is 10.5 Å². The van der Waals surface area contributed by atoms with Crippen LogP contribution in [0.1, 0.15) is 58.1 Å². The van der Waals surface area contributed by atoms with Crippen molar-refractivity contribution in [1.82, 2.24) is 25.5 Å². The fraction of sp³-hybridized carbons (Fsp3) is 0.269. The van der Waals surface area contributed by atoms with Crippen LogP contribution in [0.5, 0.6) is 0 Å². The van der Waals surface area contributed by atoms with Crippen molar-refractivity contribution in [3.63, 3.8) is 0 Å². The summed E-state index contributed by atoms with van der Waals surface area (Å²) in [5.74, 6) is -2.38. The molecule has 1 unspecified atom stereocenters. The second-order valence-electron chi connectivity index (χ2n) is 9.59. The van der Waals surface area contributed by atoms with Gasteiger partial charge < -0.3 is 10.6 Å². The average molecular weight is 533 g/mol. The fourth-order valence-electron chi connectivity index (χ4n) is 4.48. The van der Waals surface area contributed by atoms with Crippen LogP contribution in [0.25, 0.3) is 10.4 Å². The molecule has 1 atom stereocenters. The van der Waals surface area contributed by atoms with Gasteiger partial charge in [-0.3, -0.25) is 34.4 Å². The van der Waals surface area contributed by atoms with E-state index in [4.69, 9.17) is 0 Å². The number of carbonyl (C=O) groups is 5. The molecule has 2 aromatic heterocycles. The second kappa shape index (κ2) is 9.45. The number of aryl methyl sites for hydroxylation is 1. The zero-order valence-electron chi connectivity index (χ0n) is 20.8. The Balaban J connectivity index is 1.30. The van der Waals surface area contributed by atoms with E-state index in [0.29, 0.717) is 10.7 Å². The van der Waals surface area contributed by atoms with Gasteiger partial charge in [0.25, 0.3) is 11.8 Å². The van der Waals surface area contributed by atoms with Crippen LogP contribution in [0.2, 0.25) is 0 Å². The van der Waals surface area contributed by atoms with Gasteiger partial charge in [-0.15, -0.1) is 11.3 Å². The third-order valence-electron chi connectivity index (χ3n) is 6.38. The number of pyridine rings is 1. The minimum atomic E-state index is -1.06. The highest BCUT2D eigenvalue weighted by Gasteiger charge is 2.44. The molecule has 2 aliphatic rings. The predicted molar refractivity (Wildman–Crippen MR) is 138 cm³/mol. The van der Waals surface area contributed by atoms with E-state index in [9.17, 15) is 24.0 Å². The maximum atomic E-state index is 13.0. The monoisotopic (exact) mass is 532 g/mol. The van der Waals surface area contributed by atoms with Gasteiger partial charge in [0.1, 0.15) is 11.0 Å². The van der Waals surface area contributed by atoms with Gasteiger partial charge in [-0.25, -0.2) is 9.78 Å². The van der Waals surface area contributed by atoms with Crippen molar-refractivity contribution in [2.75, 3.05) is 5.32 Å². The number of imide groups is 2. The second-order valence-corrected chi connectivity index (χ2v) is 10.6. The summed E-state index contributed by atoms with van der Waals surface area (Å²) in [5.41, 5.74) is 1.47. The Hall–Kier alpha value is -4.45. The summed E-state index contributed by atoms with van der Waals surface area (Å²) in [6, 6.07) is 6.58. The molecule has 5 rings (SSSR count). The maximum Gasteiger partial charge on any atom is 0.319 e. The largest absolute Gasteiger partial charge is 0.326 e. The molecule has 0 spiro atoms. The third-order valence-corrected chi connectivity index (χ3v) is 7.91. The molecule has 3 aromatic rings. The highest BCUT2D eigenvalue weighted by Crippen LogP contribution is 2.35. The number of thiazole rings is 1. The molecule has 0 bridgehead atoms. The summed E-state index contributed by atoms with van der Waals surface area (Å²) in [7, 11) is 0. The Kier molecular flexibility index (Phi) is 6.27. The first kappa shape index (κ1) is 25.2. The Morgan fingerprint density at radius 1 is 1.13 bits per heavy atom. The molecule has 4 heterocycles. The number of aromatic nitrogens is 2. The summed E-state index contributed by atoms with van der Waals surface area (Å²) >= 11 is 1.46. The first-order valence-electron chi connectivity index (χ1n) is 11.9. The number of anilines is 1. The predicted octanol–water partition coefficient (Wildman–Crippen LogP) is 2.97. The van der Waals surface area contributed by atoms with Crippen molar-refractivity contribution in [1.29, 1.82) is 0 Å². The van der Waals surface area contributed by atoms with Crippen LogP contribution in [0.3, 0.4) is 0 Å². The topological polar surface area (TPSA) is 150 Å². The van der Waals surface area contributed by atoms with E-state index in [0.717, 1.165) is 21.0 Å². The van der Waals surface area contributed by atoms with Crippen LogP contribution < -0.4 is 16.0 Å². The molecule has 3 N–H and O–H groups in total. The summed E-state index contributed by atoms with van der Waals surface area (Å²) in [4.78, 5) is 73.2. The Morgan fingerprint density at radius 3 is 2.61 bits per heavy atom. The van der Waals surface area contributed by atoms with Crippen molar-refractivity contribution in [3.05, 3.63) is 64.6 Å². The lowest BCUT2D eigenvalue weighted by molar-refractivity contribution is -0.136. The van der Waals surface area contributed by atoms with Crippen molar-refractivity contribution >= 4 is 46.7 Å². The van der Waals surface area contributed by atoms with Gasteiger partial charge in [0.05, 0.1) is 27.2 Å². The first-order chi connectivity index (χ1) is 18.0. The number of carbonyl (C=O) groups excluding carboxylic acids is 5. The highest BCUT2D eigenvalue weighted by atomic mass is 32.1. The molecular formula is C26H24N6O5S. The van der Waals surface area contributed by atoms with E-state index in [1.54, 1.807) is 12.4 Å². The molecule has 0 saturated carbocycles. The number of urea groups is 1. The lowest BCUT2D eigenvalue weighted by Crippen LogP contribution is -2.54. The molecule has 194 valence electrons. The van der Waals surface area contributed by atoms with E-state index in [2.05, 4.69) is 25.9 Å². The number of hydrogen-bond acceptors (Lipinski definition) is 8. The molecule has 0 aliphatic carbocycles. The molecule has 6 amide bonds. The van der Waals surface area contributed by atoms with Crippen LogP contribution in [0.15, 0.2) is 42.7 Å². The number of hydrogen-bond donors (Lipinski definition) is 3. The minimum Gasteiger partial charge on any atom is -0.326 e. The molecule has 2 aliphatic heterocycles. The molecule has 1 fully saturated rings. The van der Waals surface area contributed by atoms with Gasteiger partial charge in [-0.1, -0.05) is 6.07 Å². The maximum absolute atomic E-state index is 13.0. The summed E-state index contributed by atoms with van der Waals surface area (Å²) < 4.78 is 0. The summed E-state index contributed by atoms with van der Waals surface area (Å²) in [6.07, 6.45) is 3.57. The quantitative estimate of drug-likeness (QED) is 0.428. The number of rotatable bonds is 5. The number of nitrogens with one attached hydrogen (secondary N) is 3. The molecule has 1 aromatic carbocycles. The van der Waals surface area contributed by atoms with Gasteiger partial charge in [0.15, 0.2) is 0 Å². The average Bonchev–Trinajstić information content (AvgIpc) is 3.38. The van der Waals surface area contributed by atoms with E-state index in [1.165, 1.54) is 29.5 Å². The molecule has 11 nitrogen and oxygen atoms in total. The molecule has 0 radical (unpaired) electrons. The van der Waals surface area contributed by atoms with E-state index in [-0.39, 0.29) is 24.0 Å². The smallest absolute Gasteiger partial charge is 0.319 e. The van der Waals surface area contributed by atoms with Crippen molar-refractivity contribution < 1.29 is 24.0 Å². The first-order valence-corrected chi connectivity index (χ1v) is 12.7. The minimum absolute atomic E-state index is 0.0366. The lowest BCUT2D eigenvalue weighted by Gasteiger charge is -2.27. The van der Waals surface area contributed by atoms with Gasteiger partial charge in [0.2, 0.25) is 11.8 Å². The van der Waals surface area contributed by atoms with Crippen molar-refractivity contribution in [2.45, 2.75) is 45.2 Å². The number of nitrogens with zero attached hydrogens (tertiary/aromatic N) is 3.